The number of rotatable bonds is 10. The van der Waals surface area contributed by atoms with E-state index in [9.17, 15) is 9.59 Å². The van der Waals surface area contributed by atoms with Gasteiger partial charge < -0.3 is 24.3 Å². The number of ether oxygens (including phenoxy) is 4. The highest BCUT2D eigenvalue weighted by atomic mass is 16.5. The minimum atomic E-state index is -0.421. The molecule has 1 saturated carbocycles. The Balaban J connectivity index is 1.76. The maximum absolute atomic E-state index is 12.1. The zero-order chi connectivity index (χ0) is 20.4. The molecule has 1 fully saturated rings. The molecule has 0 spiro atoms. The van der Waals surface area contributed by atoms with Crippen molar-refractivity contribution in [3.8, 4) is 17.2 Å². The lowest BCUT2D eigenvalue weighted by molar-refractivity contribution is -0.147. The van der Waals surface area contributed by atoms with Crippen molar-refractivity contribution in [1.82, 2.24) is 0 Å². The lowest BCUT2D eigenvalue weighted by atomic mass is 9.86. The average Bonchev–Trinajstić information content (AvgIpc) is 2.72. The fraction of sp³-hybridized carbons (Fsp3) is 0.619. The van der Waals surface area contributed by atoms with Crippen LogP contribution < -0.4 is 19.5 Å². The van der Waals surface area contributed by atoms with Gasteiger partial charge in [0.15, 0.2) is 18.1 Å². The van der Waals surface area contributed by atoms with Gasteiger partial charge in [-0.05, 0) is 18.8 Å². The molecule has 0 atom stereocenters. The molecule has 0 saturated heterocycles. The minimum absolute atomic E-state index is 0.321. The van der Waals surface area contributed by atoms with Crippen LogP contribution in [0.2, 0.25) is 0 Å². The topological polar surface area (TPSA) is 83.1 Å². The minimum Gasteiger partial charge on any atom is -0.493 e. The molecule has 7 nitrogen and oxygen atoms in total. The summed E-state index contributed by atoms with van der Waals surface area (Å²) in [6.45, 7) is -0.321. The van der Waals surface area contributed by atoms with E-state index in [1.165, 1.54) is 53.4 Å². The van der Waals surface area contributed by atoms with Crippen molar-refractivity contribution in [3.05, 3.63) is 12.1 Å². The Kier molecular flexibility index (Phi) is 8.91. The third-order valence-electron chi connectivity index (χ3n) is 5.03. The number of amides is 1. The molecule has 1 amide bonds. The molecule has 0 bridgehead atoms. The predicted molar refractivity (Wildman–Crippen MR) is 106 cm³/mol. The highest BCUT2D eigenvalue weighted by Gasteiger charge is 2.16. The Hall–Kier alpha value is -2.44. The molecule has 1 aromatic carbocycles. The second-order valence-electron chi connectivity index (χ2n) is 7.02. The van der Waals surface area contributed by atoms with E-state index in [-0.39, 0.29) is 12.6 Å². The molecule has 1 N–H and O–H groups in total. The summed E-state index contributed by atoms with van der Waals surface area (Å²) in [5.74, 6) is 1.27. The van der Waals surface area contributed by atoms with Crippen LogP contribution in [0.4, 0.5) is 5.69 Å². The number of hydrogen-bond donors (Lipinski definition) is 1. The van der Waals surface area contributed by atoms with Gasteiger partial charge in [0.2, 0.25) is 5.75 Å². The quantitative estimate of drug-likeness (QED) is 0.606. The van der Waals surface area contributed by atoms with Crippen LogP contribution in [0.15, 0.2) is 12.1 Å². The van der Waals surface area contributed by atoms with Crippen molar-refractivity contribution in [2.24, 2.45) is 5.92 Å². The maximum Gasteiger partial charge on any atom is 0.306 e. The number of hydrogen-bond acceptors (Lipinski definition) is 6. The Morgan fingerprint density at radius 2 is 1.64 bits per heavy atom. The summed E-state index contributed by atoms with van der Waals surface area (Å²) < 4.78 is 20.8. The summed E-state index contributed by atoms with van der Waals surface area (Å²) in [7, 11) is 4.50. The molecule has 0 radical (unpaired) electrons. The first kappa shape index (κ1) is 21.9. The normalized spacial score (nSPS) is 14.2. The number of carbonyl (C=O) groups is 2. The zero-order valence-corrected chi connectivity index (χ0v) is 17.0. The van der Waals surface area contributed by atoms with Gasteiger partial charge in [-0.1, -0.05) is 32.1 Å². The molecule has 0 heterocycles. The molecule has 0 aliphatic heterocycles. The molecule has 2 rings (SSSR count). The maximum atomic E-state index is 12.1. The van der Waals surface area contributed by atoms with Crippen molar-refractivity contribution >= 4 is 17.6 Å². The fourth-order valence-electron chi connectivity index (χ4n) is 3.58. The molecule has 1 aliphatic carbocycles. The SMILES string of the molecule is COc1cc(NC(=O)COC(=O)CCCC2CCCCC2)cc(OC)c1OC. The van der Waals surface area contributed by atoms with E-state index < -0.39 is 5.91 Å². The van der Waals surface area contributed by atoms with E-state index in [4.69, 9.17) is 18.9 Å². The third kappa shape index (κ3) is 6.62. The van der Waals surface area contributed by atoms with Crippen LogP contribution in [0.3, 0.4) is 0 Å². The van der Waals surface area contributed by atoms with Crippen LogP contribution in [0.25, 0.3) is 0 Å². The fourth-order valence-corrected chi connectivity index (χ4v) is 3.58. The van der Waals surface area contributed by atoms with Crippen LogP contribution in [0, 0.1) is 5.92 Å². The van der Waals surface area contributed by atoms with Crippen molar-refractivity contribution < 1.29 is 28.5 Å². The van der Waals surface area contributed by atoms with Gasteiger partial charge in [0.25, 0.3) is 5.91 Å². The third-order valence-corrected chi connectivity index (χ3v) is 5.03. The molecule has 28 heavy (non-hydrogen) atoms. The van der Waals surface area contributed by atoms with Gasteiger partial charge in [0, 0.05) is 24.2 Å². The standard InChI is InChI=1S/C21H31NO6/c1-25-17-12-16(13-18(26-2)21(17)27-3)22-19(23)14-28-20(24)11-7-10-15-8-5-4-6-9-15/h12-13,15H,4-11,14H2,1-3H3,(H,22,23). The summed E-state index contributed by atoms with van der Waals surface area (Å²) in [6.07, 6.45) is 8.71. The van der Waals surface area contributed by atoms with Crippen LogP contribution in [-0.2, 0) is 14.3 Å². The van der Waals surface area contributed by atoms with Crippen LogP contribution >= 0.6 is 0 Å². The number of benzene rings is 1. The van der Waals surface area contributed by atoms with E-state index in [1.807, 2.05) is 0 Å². The van der Waals surface area contributed by atoms with E-state index in [2.05, 4.69) is 5.32 Å². The van der Waals surface area contributed by atoms with Crippen molar-refractivity contribution in [2.45, 2.75) is 51.4 Å². The number of methoxy groups -OCH3 is 3. The van der Waals surface area contributed by atoms with Crippen LogP contribution in [-0.4, -0.2) is 39.8 Å². The number of carbonyl (C=O) groups excluding carboxylic acids is 2. The second kappa shape index (κ2) is 11.4. The largest absolute Gasteiger partial charge is 0.493 e. The molecule has 156 valence electrons. The summed E-state index contributed by atoms with van der Waals surface area (Å²) >= 11 is 0. The summed E-state index contributed by atoms with van der Waals surface area (Å²) in [5, 5.41) is 2.67. The lowest BCUT2D eigenvalue weighted by Crippen LogP contribution is -2.21. The molecular weight excluding hydrogens is 362 g/mol. The highest BCUT2D eigenvalue weighted by Crippen LogP contribution is 2.39. The molecule has 0 aromatic heterocycles. The Bertz CT molecular complexity index is 629. The number of anilines is 1. The Morgan fingerprint density at radius 3 is 2.21 bits per heavy atom. The molecule has 1 aromatic rings. The van der Waals surface area contributed by atoms with E-state index in [1.54, 1.807) is 12.1 Å². The summed E-state index contributed by atoms with van der Waals surface area (Å²) in [4.78, 5) is 24.0. The van der Waals surface area contributed by atoms with E-state index in [0.717, 1.165) is 18.8 Å². The van der Waals surface area contributed by atoms with E-state index >= 15 is 0 Å². The first-order valence-corrected chi connectivity index (χ1v) is 9.82. The van der Waals surface area contributed by atoms with Gasteiger partial charge >= 0.3 is 5.97 Å². The van der Waals surface area contributed by atoms with Crippen LogP contribution in [0.1, 0.15) is 51.4 Å². The van der Waals surface area contributed by atoms with Gasteiger partial charge in [-0.25, -0.2) is 0 Å². The molecule has 7 heteroatoms. The van der Waals surface area contributed by atoms with Crippen molar-refractivity contribution in [1.29, 1.82) is 0 Å². The predicted octanol–water partition coefficient (Wildman–Crippen LogP) is 3.94. The zero-order valence-electron chi connectivity index (χ0n) is 17.0. The highest BCUT2D eigenvalue weighted by molar-refractivity contribution is 5.93. The van der Waals surface area contributed by atoms with Gasteiger partial charge in [-0.2, -0.15) is 0 Å². The first-order valence-electron chi connectivity index (χ1n) is 9.82. The Morgan fingerprint density at radius 1 is 1.00 bits per heavy atom. The number of nitrogens with one attached hydrogen (secondary N) is 1. The van der Waals surface area contributed by atoms with Crippen molar-refractivity contribution in [2.75, 3.05) is 33.3 Å². The molecular formula is C21H31NO6. The lowest BCUT2D eigenvalue weighted by Gasteiger charge is -2.20. The van der Waals surface area contributed by atoms with Crippen LogP contribution in [0.5, 0.6) is 17.2 Å². The smallest absolute Gasteiger partial charge is 0.306 e. The monoisotopic (exact) mass is 393 g/mol. The molecule has 1 aliphatic rings. The van der Waals surface area contributed by atoms with Gasteiger partial charge in [0.1, 0.15) is 0 Å². The first-order chi connectivity index (χ1) is 13.6. The number of esters is 1. The Labute approximate surface area is 166 Å². The van der Waals surface area contributed by atoms with Crippen molar-refractivity contribution in [3.63, 3.8) is 0 Å². The van der Waals surface area contributed by atoms with E-state index in [0.29, 0.717) is 29.4 Å². The van der Waals surface area contributed by atoms with Gasteiger partial charge in [-0.15, -0.1) is 0 Å². The summed E-state index contributed by atoms with van der Waals surface area (Å²) in [6, 6.07) is 3.23. The van der Waals surface area contributed by atoms with Gasteiger partial charge in [0.05, 0.1) is 21.3 Å². The second-order valence-corrected chi connectivity index (χ2v) is 7.02. The van der Waals surface area contributed by atoms with Gasteiger partial charge in [-0.3, -0.25) is 9.59 Å². The molecule has 0 unspecified atom stereocenters. The average molecular weight is 393 g/mol. The summed E-state index contributed by atoms with van der Waals surface area (Å²) in [5.41, 5.74) is 0.466.